The number of likely N-dealkylation sites (tertiary alicyclic amines) is 1. The van der Waals surface area contributed by atoms with E-state index in [-0.39, 0.29) is 18.8 Å². The summed E-state index contributed by atoms with van der Waals surface area (Å²) in [7, 11) is 0. The number of nitrogens with two attached hydrogens (primary N) is 1. The Balaban J connectivity index is 1.87. The van der Waals surface area contributed by atoms with Gasteiger partial charge in [0.05, 0.1) is 0 Å². The number of rotatable bonds is 3. The third-order valence-corrected chi connectivity index (χ3v) is 4.68. The lowest BCUT2D eigenvalue weighted by Gasteiger charge is -2.41. The Morgan fingerprint density at radius 3 is 2.67 bits per heavy atom. The van der Waals surface area contributed by atoms with Gasteiger partial charge in [0.2, 0.25) is 5.92 Å². The molecule has 2 N–H and O–H groups in total. The molecular formula is C14H26F2N2. The first-order chi connectivity index (χ1) is 8.50. The number of hydrogen-bond donors (Lipinski definition) is 1. The van der Waals surface area contributed by atoms with E-state index in [0.717, 1.165) is 32.5 Å². The van der Waals surface area contributed by atoms with Gasteiger partial charge in [-0.1, -0.05) is 0 Å². The van der Waals surface area contributed by atoms with Gasteiger partial charge in [-0.3, -0.25) is 0 Å². The standard InChI is InChI=1S/C14H26F2N2/c1-11-4-5-13(8-17)10-18(11)9-12-3-2-6-14(15,16)7-12/h11-13H,2-10,17H2,1H3. The van der Waals surface area contributed by atoms with E-state index >= 15 is 0 Å². The Morgan fingerprint density at radius 1 is 1.22 bits per heavy atom. The Labute approximate surface area is 109 Å². The van der Waals surface area contributed by atoms with Gasteiger partial charge < -0.3 is 10.6 Å². The average molecular weight is 260 g/mol. The molecule has 2 aliphatic rings. The van der Waals surface area contributed by atoms with Gasteiger partial charge in [-0.25, -0.2) is 8.78 Å². The number of alkyl halides is 2. The van der Waals surface area contributed by atoms with Gasteiger partial charge in [0.15, 0.2) is 0 Å². The molecule has 4 heteroatoms. The second-order valence-corrected chi connectivity index (χ2v) is 6.30. The maximum Gasteiger partial charge on any atom is 0.248 e. The molecule has 3 unspecified atom stereocenters. The van der Waals surface area contributed by atoms with E-state index in [1.165, 1.54) is 6.42 Å². The van der Waals surface area contributed by atoms with Crippen LogP contribution in [0, 0.1) is 11.8 Å². The van der Waals surface area contributed by atoms with Crippen LogP contribution in [0.1, 0.15) is 45.4 Å². The van der Waals surface area contributed by atoms with E-state index in [9.17, 15) is 8.78 Å². The highest BCUT2D eigenvalue weighted by Gasteiger charge is 2.37. The molecule has 1 heterocycles. The van der Waals surface area contributed by atoms with E-state index in [1.54, 1.807) is 0 Å². The quantitative estimate of drug-likeness (QED) is 0.845. The van der Waals surface area contributed by atoms with Crippen molar-refractivity contribution < 1.29 is 8.78 Å². The largest absolute Gasteiger partial charge is 0.330 e. The number of halogens is 2. The molecule has 0 amide bonds. The molecule has 0 bridgehead atoms. The predicted octanol–water partition coefficient (Wildman–Crippen LogP) is 2.87. The Morgan fingerprint density at radius 2 is 2.00 bits per heavy atom. The SMILES string of the molecule is CC1CCC(CN)CN1CC1CCCC(F)(F)C1. The second-order valence-electron chi connectivity index (χ2n) is 6.30. The number of nitrogens with zero attached hydrogens (tertiary/aromatic N) is 1. The molecule has 18 heavy (non-hydrogen) atoms. The molecule has 3 atom stereocenters. The fraction of sp³-hybridized carbons (Fsp3) is 1.00. The van der Waals surface area contributed by atoms with Crippen LogP contribution >= 0.6 is 0 Å². The van der Waals surface area contributed by atoms with Crippen molar-refractivity contribution in [3.63, 3.8) is 0 Å². The van der Waals surface area contributed by atoms with Crippen LogP contribution in [-0.4, -0.2) is 36.5 Å². The first-order valence-electron chi connectivity index (χ1n) is 7.32. The number of hydrogen-bond acceptors (Lipinski definition) is 2. The van der Waals surface area contributed by atoms with Crippen molar-refractivity contribution in [3.05, 3.63) is 0 Å². The summed E-state index contributed by atoms with van der Waals surface area (Å²) in [4.78, 5) is 2.40. The monoisotopic (exact) mass is 260 g/mol. The first kappa shape index (κ1) is 14.2. The van der Waals surface area contributed by atoms with Crippen molar-refractivity contribution in [2.75, 3.05) is 19.6 Å². The topological polar surface area (TPSA) is 29.3 Å². The molecule has 0 aromatic rings. The van der Waals surface area contributed by atoms with Crippen LogP contribution in [0.5, 0.6) is 0 Å². The van der Waals surface area contributed by atoms with Gasteiger partial charge in [0.1, 0.15) is 0 Å². The molecule has 0 aromatic heterocycles. The molecule has 0 aromatic carbocycles. The average Bonchev–Trinajstić information content (AvgIpc) is 2.31. The van der Waals surface area contributed by atoms with Crippen LogP contribution < -0.4 is 5.73 Å². The van der Waals surface area contributed by atoms with Gasteiger partial charge in [-0.05, 0) is 51.0 Å². The highest BCUT2D eigenvalue weighted by atomic mass is 19.3. The predicted molar refractivity (Wildman–Crippen MR) is 69.7 cm³/mol. The summed E-state index contributed by atoms with van der Waals surface area (Å²) in [5, 5.41) is 0. The van der Waals surface area contributed by atoms with Gasteiger partial charge >= 0.3 is 0 Å². The molecule has 2 rings (SSSR count). The minimum atomic E-state index is -2.42. The van der Waals surface area contributed by atoms with Crippen LogP contribution in [0.3, 0.4) is 0 Å². The molecule has 1 saturated carbocycles. The zero-order chi connectivity index (χ0) is 13.2. The van der Waals surface area contributed by atoms with E-state index in [1.807, 2.05) is 0 Å². The van der Waals surface area contributed by atoms with Gasteiger partial charge in [-0.2, -0.15) is 0 Å². The molecule has 1 aliphatic carbocycles. The summed E-state index contributed by atoms with van der Waals surface area (Å²) < 4.78 is 26.8. The Hall–Kier alpha value is -0.220. The maximum atomic E-state index is 13.4. The van der Waals surface area contributed by atoms with Crippen LogP contribution in [0.15, 0.2) is 0 Å². The normalized spacial score (nSPS) is 37.7. The fourth-order valence-corrected chi connectivity index (χ4v) is 3.47. The molecule has 0 radical (unpaired) electrons. The van der Waals surface area contributed by atoms with E-state index in [4.69, 9.17) is 5.73 Å². The summed E-state index contributed by atoms with van der Waals surface area (Å²) in [6.45, 7) is 4.78. The van der Waals surface area contributed by atoms with E-state index in [0.29, 0.717) is 18.4 Å². The lowest BCUT2D eigenvalue weighted by molar-refractivity contribution is -0.0605. The summed E-state index contributed by atoms with van der Waals surface area (Å²) in [5.74, 6) is -1.69. The Bertz CT molecular complexity index is 271. The van der Waals surface area contributed by atoms with E-state index < -0.39 is 5.92 Å². The van der Waals surface area contributed by atoms with Gasteiger partial charge in [0.25, 0.3) is 0 Å². The van der Waals surface area contributed by atoms with Crippen molar-refractivity contribution in [2.24, 2.45) is 17.6 Å². The molecule has 0 spiro atoms. The van der Waals surface area contributed by atoms with Crippen molar-refractivity contribution in [2.45, 2.75) is 57.4 Å². The molecule has 106 valence electrons. The smallest absolute Gasteiger partial charge is 0.248 e. The summed E-state index contributed by atoms with van der Waals surface area (Å²) >= 11 is 0. The van der Waals surface area contributed by atoms with Crippen molar-refractivity contribution in [1.82, 2.24) is 4.90 Å². The van der Waals surface area contributed by atoms with E-state index in [2.05, 4.69) is 11.8 Å². The number of piperidine rings is 1. The summed E-state index contributed by atoms with van der Waals surface area (Å²) in [6, 6.07) is 0.531. The molecular weight excluding hydrogens is 234 g/mol. The van der Waals surface area contributed by atoms with Crippen molar-refractivity contribution in [1.29, 1.82) is 0 Å². The summed E-state index contributed by atoms with van der Waals surface area (Å²) in [5.41, 5.74) is 5.74. The third kappa shape index (κ3) is 3.64. The van der Waals surface area contributed by atoms with Crippen LogP contribution in [-0.2, 0) is 0 Å². The fourth-order valence-electron chi connectivity index (χ4n) is 3.47. The molecule has 2 nitrogen and oxygen atoms in total. The third-order valence-electron chi connectivity index (χ3n) is 4.68. The van der Waals surface area contributed by atoms with Gasteiger partial charge in [0, 0.05) is 32.0 Å². The zero-order valence-corrected chi connectivity index (χ0v) is 11.4. The molecule has 1 aliphatic heterocycles. The minimum absolute atomic E-state index is 0.0868. The highest BCUT2D eigenvalue weighted by molar-refractivity contribution is 4.85. The molecule has 1 saturated heterocycles. The van der Waals surface area contributed by atoms with Crippen LogP contribution in [0.25, 0.3) is 0 Å². The lowest BCUT2D eigenvalue weighted by Crippen LogP contribution is -2.47. The van der Waals surface area contributed by atoms with Crippen molar-refractivity contribution >= 4 is 0 Å². The van der Waals surface area contributed by atoms with Gasteiger partial charge in [-0.15, -0.1) is 0 Å². The Kier molecular flexibility index (Phi) is 4.59. The van der Waals surface area contributed by atoms with Crippen LogP contribution in [0.4, 0.5) is 8.78 Å². The first-order valence-corrected chi connectivity index (χ1v) is 7.32. The lowest BCUT2D eigenvalue weighted by atomic mass is 9.84. The van der Waals surface area contributed by atoms with Crippen molar-refractivity contribution in [3.8, 4) is 0 Å². The maximum absolute atomic E-state index is 13.4. The highest BCUT2D eigenvalue weighted by Crippen LogP contribution is 2.37. The second kappa shape index (κ2) is 5.83. The molecule has 2 fully saturated rings. The van der Waals surface area contributed by atoms with Crippen LogP contribution in [0.2, 0.25) is 0 Å². The zero-order valence-electron chi connectivity index (χ0n) is 11.4. The summed E-state index contributed by atoms with van der Waals surface area (Å²) in [6.07, 6.45) is 4.17. The minimum Gasteiger partial charge on any atom is -0.330 e.